The number of hydrogen-bond acceptors (Lipinski definition) is 6. The highest BCUT2D eigenvalue weighted by molar-refractivity contribution is 6.04. The molecule has 9 nitrogen and oxygen atoms in total. The van der Waals surface area contributed by atoms with Crippen LogP contribution in [-0.2, 0) is 0 Å². The largest absolute Gasteiger partial charge is 0.495 e. The summed E-state index contributed by atoms with van der Waals surface area (Å²) in [7, 11) is 1.46. The molecular formula is C22H21F2N7O2. The van der Waals surface area contributed by atoms with Gasteiger partial charge in [0.1, 0.15) is 17.3 Å². The van der Waals surface area contributed by atoms with Gasteiger partial charge in [-0.2, -0.15) is 5.10 Å². The fraction of sp³-hybridized carbons (Fsp3) is 0.227. The van der Waals surface area contributed by atoms with Crippen LogP contribution in [0, 0.1) is 0 Å². The van der Waals surface area contributed by atoms with E-state index in [1.54, 1.807) is 36.8 Å². The molecule has 4 aromatic heterocycles. The molecule has 0 saturated carbocycles. The molecule has 0 bridgehead atoms. The lowest BCUT2D eigenvalue weighted by molar-refractivity contribution is 0.101. The summed E-state index contributed by atoms with van der Waals surface area (Å²) in [5.41, 5.74) is 0.813. The average molecular weight is 453 g/mol. The van der Waals surface area contributed by atoms with Crippen molar-refractivity contribution in [1.82, 2.24) is 29.3 Å². The summed E-state index contributed by atoms with van der Waals surface area (Å²) in [5.74, 6) is -0.117. The monoisotopic (exact) mass is 453 g/mol. The quantitative estimate of drug-likeness (QED) is 0.448. The molecule has 11 heteroatoms. The zero-order valence-electron chi connectivity index (χ0n) is 18.1. The second-order valence-electron chi connectivity index (χ2n) is 7.40. The van der Waals surface area contributed by atoms with Crippen LogP contribution in [0.1, 0.15) is 42.4 Å². The minimum Gasteiger partial charge on any atom is -0.495 e. The second kappa shape index (κ2) is 9.15. The van der Waals surface area contributed by atoms with Gasteiger partial charge < -0.3 is 14.6 Å². The Morgan fingerprint density at radius 1 is 1.15 bits per heavy atom. The molecule has 170 valence electrons. The van der Waals surface area contributed by atoms with Crippen LogP contribution in [0.25, 0.3) is 17.1 Å². The Bertz CT molecular complexity index is 1280. The number of ether oxygens (including phenoxy) is 1. The van der Waals surface area contributed by atoms with Gasteiger partial charge in [0.05, 0.1) is 54.7 Å². The summed E-state index contributed by atoms with van der Waals surface area (Å²) in [6, 6.07) is 6.81. The molecule has 0 aromatic carbocycles. The van der Waals surface area contributed by atoms with Gasteiger partial charge in [-0.25, -0.2) is 23.4 Å². The fourth-order valence-corrected chi connectivity index (χ4v) is 3.25. The highest BCUT2D eigenvalue weighted by atomic mass is 19.3. The summed E-state index contributed by atoms with van der Waals surface area (Å²) in [6.07, 6.45) is 4.54. The summed E-state index contributed by atoms with van der Waals surface area (Å²) in [5, 5.41) is 6.47. The van der Waals surface area contributed by atoms with Gasteiger partial charge in [0.15, 0.2) is 0 Å². The van der Waals surface area contributed by atoms with Gasteiger partial charge in [0, 0.05) is 18.3 Å². The SMILES string of the molecule is COc1cncc(-n2cc(C(=O)Nc3cccc(-c4cncn4C(C)C)n3)c(C(F)F)n2)c1. The number of pyridine rings is 2. The lowest BCUT2D eigenvalue weighted by Gasteiger charge is -2.12. The highest BCUT2D eigenvalue weighted by Gasteiger charge is 2.24. The van der Waals surface area contributed by atoms with Crippen molar-refractivity contribution in [2.24, 2.45) is 0 Å². The molecule has 33 heavy (non-hydrogen) atoms. The van der Waals surface area contributed by atoms with Crippen molar-refractivity contribution in [2.75, 3.05) is 12.4 Å². The van der Waals surface area contributed by atoms with Crippen LogP contribution >= 0.6 is 0 Å². The Kier molecular flexibility index (Phi) is 6.11. The number of halogens is 2. The zero-order valence-corrected chi connectivity index (χ0v) is 18.1. The molecule has 0 saturated heterocycles. The van der Waals surface area contributed by atoms with Gasteiger partial charge in [0.2, 0.25) is 0 Å². The number of nitrogens with zero attached hydrogens (tertiary/aromatic N) is 6. The van der Waals surface area contributed by atoms with Crippen LogP contribution < -0.4 is 10.1 Å². The number of rotatable bonds is 7. The van der Waals surface area contributed by atoms with E-state index in [0.29, 0.717) is 17.1 Å². The van der Waals surface area contributed by atoms with Crippen LogP contribution in [0.5, 0.6) is 5.75 Å². The molecule has 0 aliphatic rings. The Hall–Kier alpha value is -4.15. The maximum Gasteiger partial charge on any atom is 0.282 e. The average Bonchev–Trinajstić information content (AvgIpc) is 3.47. The molecule has 4 aromatic rings. The van der Waals surface area contributed by atoms with Gasteiger partial charge in [0.25, 0.3) is 12.3 Å². The molecular weight excluding hydrogens is 432 g/mol. The smallest absolute Gasteiger partial charge is 0.282 e. The van der Waals surface area contributed by atoms with Gasteiger partial charge in [-0.1, -0.05) is 6.07 Å². The van der Waals surface area contributed by atoms with Crippen molar-refractivity contribution in [3.05, 3.63) is 66.6 Å². The first-order valence-electron chi connectivity index (χ1n) is 10.0. The predicted octanol–water partition coefficient (Wildman–Crippen LogP) is 4.31. The van der Waals surface area contributed by atoms with Crippen LogP contribution in [0.4, 0.5) is 14.6 Å². The molecule has 0 radical (unpaired) electrons. The first-order valence-corrected chi connectivity index (χ1v) is 10.0. The van der Waals surface area contributed by atoms with Gasteiger partial charge in [-0.15, -0.1) is 0 Å². The number of methoxy groups -OCH3 is 1. The molecule has 4 heterocycles. The van der Waals surface area contributed by atoms with Crippen molar-refractivity contribution in [1.29, 1.82) is 0 Å². The molecule has 0 unspecified atom stereocenters. The number of nitrogens with one attached hydrogen (secondary N) is 1. The number of hydrogen-bond donors (Lipinski definition) is 1. The third kappa shape index (κ3) is 4.56. The maximum atomic E-state index is 13.6. The van der Waals surface area contributed by atoms with E-state index in [-0.39, 0.29) is 17.4 Å². The fourth-order valence-electron chi connectivity index (χ4n) is 3.25. The maximum absolute atomic E-state index is 13.6. The first-order chi connectivity index (χ1) is 15.9. The molecule has 0 atom stereocenters. The number of amides is 1. The predicted molar refractivity (Wildman–Crippen MR) is 117 cm³/mol. The third-order valence-corrected chi connectivity index (χ3v) is 4.87. The van der Waals surface area contributed by atoms with E-state index < -0.39 is 18.0 Å². The van der Waals surface area contributed by atoms with Crippen LogP contribution in [0.2, 0.25) is 0 Å². The topological polar surface area (TPSA) is 99.8 Å². The number of carbonyl (C=O) groups excluding carboxylic acids is 1. The Labute approximate surface area is 188 Å². The molecule has 4 rings (SSSR count). The Balaban J connectivity index is 1.64. The van der Waals surface area contributed by atoms with Crippen LogP contribution in [0.15, 0.2) is 55.4 Å². The molecule has 1 N–H and O–H groups in total. The summed E-state index contributed by atoms with van der Waals surface area (Å²) in [4.78, 5) is 25.5. The number of aromatic nitrogens is 6. The molecule has 1 amide bonds. The van der Waals surface area contributed by atoms with Crippen molar-refractivity contribution in [3.63, 3.8) is 0 Å². The lowest BCUT2D eigenvalue weighted by Crippen LogP contribution is -2.14. The van der Waals surface area contributed by atoms with Crippen molar-refractivity contribution >= 4 is 11.7 Å². The molecule has 0 spiro atoms. The minimum atomic E-state index is -2.95. The van der Waals surface area contributed by atoms with Crippen LogP contribution in [0.3, 0.4) is 0 Å². The number of alkyl halides is 2. The highest BCUT2D eigenvalue weighted by Crippen LogP contribution is 2.26. The van der Waals surface area contributed by atoms with E-state index in [1.807, 2.05) is 18.4 Å². The number of imidazole rings is 1. The van der Waals surface area contributed by atoms with Gasteiger partial charge in [-0.05, 0) is 26.0 Å². The van der Waals surface area contributed by atoms with E-state index in [4.69, 9.17) is 4.74 Å². The van der Waals surface area contributed by atoms with E-state index in [9.17, 15) is 13.6 Å². The first kappa shape index (κ1) is 22.1. The van der Waals surface area contributed by atoms with Gasteiger partial charge >= 0.3 is 0 Å². The number of anilines is 1. The third-order valence-electron chi connectivity index (χ3n) is 4.87. The van der Waals surface area contributed by atoms with E-state index in [2.05, 4.69) is 25.4 Å². The van der Waals surface area contributed by atoms with E-state index in [0.717, 1.165) is 10.4 Å². The Morgan fingerprint density at radius 3 is 2.70 bits per heavy atom. The molecule has 0 fully saturated rings. The lowest BCUT2D eigenvalue weighted by atomic mass is 10.2. The normalized spacial score (nSPS) is 11.2. The summed E-state index contributed by atoms with van der Waals surface area (Å²) >= 11 is 0. The van der Waals surface area contributed by atoms with E-state index >= 15 is 0 Å². The van der Waals surface area contributed by atoms with Crippen molar-refractivity contribution < 1.29 is 18.3 Å². The number of carbonyl (C=O) groups is 1. The summed E-state index contributed by atoms with van der Waals surface area (Å²) in [6.45, 7) is 4.02. The zero-order chi connectivity index (χ0) is 23.5. The molecule has 0 aliphatic heterocycles. The minimum absolute atomic E-state index is 0.160. The summed E-state index contributed by atoms with van der Waals surface area (Å²) < 4.78 is 35.5. The Morgan fingerprint density at radius 2 is 1.97 bits per heavy atom. The van der Waals surface area contributed by atoms with Crippen LogP contribution in [-0.4, -0.2) is 42.3 Å². The van der Waals surface area contributed by atoms with Crippen molar-refractivity contribution in [2.45, 2.75) is 26.3 Å². The molecule has 0 aliphatic carbocycles. The van der Waals surface area contributed by atoms with Crippen molar-refractivity contribution in [3.8, 4) is 22.8 Å². The van der Waals surface area contributed by atoms with E-state index in [1.165, 1.54) is 25.7 Å². The van der Waals surface area contributed by atoms with Gasteiger partial charge in [-0.3, -0.25) is 9.78 Å². The second-order valence-corrected chi connectivity index (χ2v) is 7.40. The standard InChI is InChI=1S/C22H21F2N7O2/c1-13(2)30-12-26-10-18(30)17-5-4-6-19(27-17)28-22(32)16-11-31(29-20(16)21(23)24)14-7-15(33-3)9-25-8-14/h4-13,21H,1-3H3,(H,27,28,32).